The molecule has 0 aromatic heterocycles. The van der Waals surface area contributed by atoms with Gasteiger partial charge in [-0.15, -0.1) is 0 Å². The van der Waals surface area contributed by atoms with E-state index in [-0.39, 0.29) is 11.6 Å². The third kappa shape index (κ3) is 4.47. The lowest BCUT2D eigenvalue weighted by Crippen LogP contribution is -2.55. The lowest BCUT2D eigenvalue weighted by Gasteiger charge is -2.42. The van der Waals surface area contributed by atoms with E-state index in [4.69, 9.17) is 4.74 Å². The number of amides is 2. The fourth-order valence-electron chi connectivity index (χ4n) is 2.75. The summed E-state index contributed by atoms with van der Waals surface area (Å²) >= 11 is 0. The molecular weight excluding hydrogens is 306 g/mol. The van der Waals surface area contributed by atoms with Gasteiger partial charge in [-0.3, -0.25) is 4.90 Å². The number of ether oxygens (including phenoxy) is 1. The third-order valence-electron chi connectivity index (χ3n) is 4.18. The molecule has 1 aromatic carbocycles. The van der Waals surface area contributed by atoms with Crippen LogP contribution in [0.1, 0.15) is 38.1 Å². The van der Waals surface area contributed by atoms with Crippen molar-refractivity contribution in [3.8, 4) is 0 Å². The molecule has 0 aliphatic carbocycles. The van der Waals surface area contributed by atoms with Gasteiger partial charge in [0.15, 0.2) is 0 Å². The van der Waals surface area contributed by atoms with Gasteiger partial charge in [-0.25, -0.2) is 9.59 Å². The third-order valence-corrected chi connectivity index (χ3v) is 4.18. The molecule has 0 radical (unpaired) electrons. The number of nitrogens with zero attached hydrogens (tertiary/aromatic N) is 2. The minimum absolute atomic E-state index is 0.110. The van der Waals surface area contributed by atoms with Gasteiger partial charge in [-0.05, 0) is 39.8 Å². The topological polar surface area (TPSA) is 61.9 Å². The summed E-state index contributed by atoms with van der Waals surface area (Å²) in [4.78, 5) is 28.6. The van der Waals surface area contributed by atoms with Gasteiger partial charge in [0.1, 0.15) is 0 Å². The Labute approximate surface area is 143 Å². The zero-order valence-electron chi connectivity index (χ0n) is 15.0. The Balaban J connectivity index is 2.00. The number of para-hydroxylation sites is 1. The fraction of sp³-hybridized carbons (Fsp3) is 0.556. The van der Waals surface area contributed by atoms with Crippen molar-refractivity contribution in [3.63, 3.8) is 0 Å². The number of carbonyl (C=O) groups is 2. The summed E-state index contributed by atoms with van der Waals surface area (Å²) in [5.74, 6) is -0.425. The monoisotopic (exact) mass is 333 g/mol. The maximum Gasteiger partial charge on any atom is 0.340 e. The van der Waals surface area contributed by atoms with Crippen LogP contribution in [0.4, 0.5) is 10.5 Å². The van der Waals surface area contributed by atoms with Crippen molar-refractivity contribution >= 4 is 17.7 Å². The second kappa shape index (κ2) is 7.66. The molecule has 6 nitrogen and oxygen atoms in total. The highest BCUT2D eigenvalue weighted by Gasteiger charge is 2.28. The van der Waals surface area contributed by atoms with Gasteiger partial charge in [0, 0.05) is 31.7 Å². The lowest BCUT2D eigenvalue weighted by atomic mass is 10.1. The van der Waals surface area contributed by atoms with E-state index in [1.807, 2.05) is 0 Å². The van der Waals surface area contributed by atoms with Crippen LogP contribution in [0, 0.1) is 0 Å². The van der Waals surface area contributed by atoms with E-state index in [9.17, 15) is 9.59 Å². The zero-order valence-corrected chi connectivity index (χ0v) is 15.0. The molecule has 0 unspecified atom stereocenters. The highest BCUT2D eigenvalue weighted by molar-refractivity contribution is 6.00. The molecule has 2 amide bonds. The SMILES string of the molecule is CCOC(=O)c1ccccc1NC(=O)N1CCN(C(C)(C)C)CC1. The first-order valence-electron chi connectivity index (χ1n) is 8.40. The van der Waals surface area contributed by atoms with Crippen LogP contribution >= 0.6 is 0 Å². The summed E-state index contributed by atoms with van der Waals surface area (Å²) in [6.07, 6.45) is 0. The Bertz CT molecular complexity index is 587. The second-order valence-corrected chi connectivity index (χ2v) is 6.84. The van der Waals surface area contributed by atoms with Crippen LogP contribution in [0.2, 0.25) is 0 Å². The number of anilines is 1. The summed E-state index contributed by atoms with van der Waals surface area (Å²) in [6, 6.07) is 6.74. The minimum Gasteiger partial charge on any atom is -0.462 e. The molecule has 0 saturated carbocycles. The molecule has 1 heterocycles. The predicted octanol–water partition coefficient (Wildman–Crippen LogP) is 2.81. The van der Waals surface area contributed by atoms with Gasteiger partial charge in [-0.2, -0.15) is 0 Å². The summed E-state index contributed by atoms with van der Waals surface area (Å²) in [6.45, 7) is 11.6. The number of carbonyl (C=O) groups excluding carboxylic acids is 2. The Morgan fingerprint density at radius 1 is 1.12 bits per heavy atom. The molecule has 1 saturated heterocycles. The first kappa shape index (κ1) is 18.3. The van der Waals surface area contributed by atoms with Crippen LogP contribution in [-0.2, 0) is 4.74 Å². The van der Waals surface area contributed by atoms with Crippen LogP contribution in [0.5, 0.6) is 0 Å². The lowest BCUT2D eigenvalue weighted by molar-refractivity contribution is 0.0527. The number of hydrogen-bond acceptors (Lipinski definition) is 4. The standard InChI is InChI=1S/C18H27N3O3/c1-5-24-16(22)14-8-6-7-9-15(14)19-17(23)20-10-12-21(13-11-20)18(2,3)4/h6-9H,5,10-13H2,1-4H3,(H,19,23). The molecule has 1 aliphatic rings. The number of nitrogens with one attached hydrogen (secondary N) is 1. The van der Waals surface area contributed by atoms with Crippen LogP contribution in [0.3, 0.4) is 0 Å². The first-order chi connectivity index (χ1) is 11.3. The van der Waals surface area contributed by atoms with Gasteiger partial charge in [0.2, 0.25) is 0 Å². The minimum atomic E-state index is -0.425. The molecule has 1 N–H and O–H groups in total. The maximum atomic E-state index is 12.5. The molecule has 2 rings (SSSR count). The number of rotatable bonds is 3. The average molecular weight is 333 g/mol. The Morgan fingerprint density at radius 2 is 1.75 bits per heavy atom. The van der Waals surface area contributed by atoms with Crippen molar-refractivity contribution in [2.45, 2.75) is 33.2 Å². The average Bonchev–Trinajstić information content (AvgIpc) is 2.55. The highest BCUT2D eigenvalue weighted by atomic mass is 16.5. The number of hydrogen-bond donors (Lipinski definition) is 1. The van der Waals surface area contributed by atoms with Crippen LogP contribution in [-0.4, -0.2) is 60.1 Å². The van der Waals surface area contributed by atoms with E-state index in [1.165, 1.54) is 0 Å². The van der Waals surface area contributed by atoms with E-state index in [0.29, 0.717) is 30.9 Å². The van der Waals surface area contributed by atoms with Gasteiger partial charge >= 0.3 is 12.0 Å². The van der Waals surface area contributed by atoms with E-state index >= 15 is 0 Å². The first-order valence-corrected chi connectivity index (χ1v) is 8.40. The highest BCUT2D eigenvalue weighted by Crippen LogP contribution is 2.19. The predicted molar refractivity (Wildman–Crippen MR) is 94.3 cm³/mol. The summed E-state index contributed by atoms with van der Waals surface area (Å²) in [5, 5.41) is 2.84. The van der Waals surface area contributed by atoms with E-state index < -0.39 is 5.97 Å². The van der Waals surface area contributed by atoms with E-state index in [2.05, 4.69) is 31.0 Å². The zero-order chi connectivity index (χ0) is 17.7. The summed E-state index contributed by atoms with van der Waals surface area (Å²) in [5.41, 5.74) is 0.972. The maximum absolute atomic E-state index is 12.5. The van der Waals surface area contributed by atoms with Gasteiger partial charge in [0.25, 0.3) is 0 Å². The van der Waals surface area contributed by atoms with Crippen molar-refractivity contribution < 1.29 is 14.3 Å². The molecule has 0 spiro atoms. The smallest absolute Gasteiger partial charge is 0.340 e. The van der Waals surface area contributed by atoms with Crippen LogP contribution < -0.4 is 5.32 Å². The van der Waals surface area contributed by atoms with E-state index in [0.717, 1.165) is 13.1 Å². The number of urea groups is 1. The normalized spacial score (nSPS) is 15.9. The van der Waals surface area contributed by atoms with Crippen molar-refractivity contribution in [1.29, 1.82) is 0 Å². The fourth-order valence-corrected chi connectivity index (χ4v) is 2.75. The molecule has 1 aromatic rings. The van der Waals surface area contributed by atoms with Crippen molar-refractivity contribution in [3.05, 3.63) is 29.8 Å². The van der Waals surface area contributed by atoms with E-state index in [1.54, 1.807) is 36.1 Å². The Kier molecular flexibility index (Phi) is 5.83. The summed E-state index contributed by atoms with van der Waals surface area (Å²) in [7, 11) is 0. The number of benzene rings is 1. The number of piperazine rings is 1. The second-order valence-electron chi connectivity index (χ2n) is 6.84. The van der Waals surface area contributed by atoms with Gasteiger partial charge < -0.3 is 15.0 Å². The molecule has 1 fully saturated rings. The van der Waals surface area contributed by atoms with Crippen LogP contribution in [0.25, 0.3) is 0 Å². The Morgan fingerprint density at radius 3 is 2.33 bits per heavy atom. The largest absolute Gasteiger partial charge is 0.462 e. The molecule has 24 heavy (non-hydrogen) atoms. The molecular formula is C18H27N3O3. The van der Waals surface area contributed by atoms with Gasteiger partial charge in [-0.1, -0.05) is 12.1 Å². The van der Waals surface area contributed by atoms with Crippen LogP contribution in [0.15, 0.2) is 24.3 Å². The molecule has 0 bridgehead atoms. The molecule has 0 atom stereocenters. The quantitative estimate of drug-likeness (QED) is 0.864. The molecule has 6 heteroatoms. The summed E-state index contributed by atoms with van der Waals surface area (Å²) < 4.78 is 5.04. The Hall–Kier alpha value is -2.08. The van der Waals surface area contributed by atoms with Crippen molar-refractivity contribution in [1.82, 2.24) is 9.80 Å². The van der Waals surface area contributed by atoms with Crippen molar-refractivity contribution in [2.75, 3.05) is 38.1 Å². The van der Waals surface area contributed by atoms with Gasteiger partial charge in [0.05, 0.1) is 17.9 Å². The van der Waals surface area contributed by atoms with Crippen molar-refractivity contribution in [2.24, 2.45) is 0 Å². The molecule has 132 valence electrons. The molecule has 1 aliphatic heterocycles. The number of esters is 1.